The molecule has 0 saturated carbocycles. The van der Waals surface area contributed by atoms with Crippen molar-refractivity contribution in [3.05, 3.63) is 11.9 Å². The zero-order valence-electron chi connectivity index (χ0n) is 9.19. The Kier molecular flexibility index (Phi) is 2.67. The Balaban J connectivity index is 2.16. The number of rotatable bonds is 3. The van der Waals surface area contributed by atoms with Gasteiger partial charge in [-0.15, -0.1) is 0 Å². The maximum absolute atomic E-state index is 5.79. The molecular weight excluding hydrogens is 194 g/mol. The second kappa shape index (κ2) is 3.83. The summed E-state index contributed by atoms with van der Waals surface area (Å²) >= 11 is 0. The minimum absolute atomic E-state index is 0.235. The first-order valence-electron chi connectivity index (χ1n) is 5.07. The van der Waals surface area contributed by atoms with Crippen molar-refractivity contribution in [3.8, 4) is 0 Å². The molecule has 1 aromatic heterocycles. The van der Waals surface area contributed by atoms with Gasteiger partial charge in [-0.25, -0.2) is 4.98 Å². The van der Waals surface area contributed by atoms with E-state index in [0.29, 0.717) is 19.1 Å². The first-order valence-corrected chi connectivity index (χ1v) is 5.07. The highest BCUT2D eigenvalue weighted by Gasteiger charge is 2.35. The molecule has 2 heterocycles. The van der Waals surface area contributed by atoms with Gasteiger partial charge in [-0.2, -0.15) is 0 Å². The average Bonchev–Trinajstić information content (AvgIpc) is 2.76. The summed E-state index contributed by atoms with van der Waals surface area (Å²) in [6.07, 6.45) is 2.84. The molecule has 2 rings (SSSR count). The highest BCUT2D eigenvalue weighted by Crippen LogP contribution is 2.25. The summed E-state index contributed by atoms with van der Waals surface area (Å²) < 4.78 is 12.8. The number of nitrogen functional groups attached to an aromatic ring is 1. The molecule has 0 bridgehead atoms. The number of aromatic nitrogens is 2. The van der Waals surface area contributed by atoms with Gasteiger partial charge in [-0.3, -0.25) is 0 Å². The molecule has 5 nitrogen and oxygen atoms in total. The van der Waals surface area contributed by atoms with Crippen molar-refractivity contribution >= 4 is 5.95 Å². The molecule has 1 saturated heterocycles. The maximum Gasteiger partial charge on any atom is 0.200 e. The molecule has 1 unspecified atom stereocenters. The second-order valence-electron chi connectivity index (χ2n) is 4.06. The lowest BCUT2D eigenvalue weighted by Gasteiger charge is -2.26. The van der Waals surface area contributed by atoms with Gasteiger partial charge in [0.2, 0.25) is 0 Å². The Morgan fingerprint density at radius 1 is 1.73 bits per heavy atom. The predicted octanol–water partition coefficient (Wildman–Crippen LogP) is 0.579. The van der Waals surface area contributed by atoms with Gasteiger partial charge in [0.15, 0.2) is 5.95 Å². The van der Waals surface area contributed by atoms with Crippen LogP contribution in [0.15, 0.2) is 6.20 Å². The van der Waals surface area contributed by atoms with Crippen LogP contribution in [0.25, 0.3) is 0 Å². The van der Waals surface area contributed by atoms with Crippen molar-refractivity contribution in [3.63, 3.8) is 0 Å². The van der Waals surface area contributed by atoms with Crippen LogP contribution in [0.5, 0.6) is 0 Å². The number of nitrogens with two attached hydrogens (primary N) is 1. The van der Waals surface area contributed by atoms with Crippen LogP contribution in [0.3, 0.4) is 0 Å². The van der Waals surface area contributed by atoms with Crippen LogP contribution in [0.2, 0.25) is 0 Å². The first-order chi connectivity index (χ1) is 7.15. The molecular formula is C10H17N3O2. The maximum atomic E-state index is 5.79. The third-order valence-corrected chi connectivity index (χ3v) is 2.89. The lowest BCUT2D eigenvalue weighted by atomic mass is 10.0. The van der Waals surface area contributed by atoms with Crippen LogP contribution < -0.4 is 5.73 Å². The fraction of sp³-hybridized carbons (Fsp3) is 0.700. The van der Waals surface area contributed by atoms with Crippen molar-refractivity contribution in [2.24, 2.45) is 0 Å². The summed E-state index contributed by atoms with van der Waals surface area (Å²) in [4.78, 5) is 4.16. The number of nitrogens with zero attached hydrogens (tertiary/aromatic N) is 2. The number of imidazole rings is 1. The van der Waals surface area contributed by atoms with Crippen LogP contribution in [-0.4, -0.2) is 35.5 Å². The number of methoxy groups -OCH3 is 1. The molecule has 15 heavy (non-hydrogen) atoms. The van der Waals surface area contributed by atoms with E-state index in [9.17, 15) is 0 Å². The summed E-state index contributed by atoms with van der Waals surface area (Å²) in [7, 11) is 1.72. The number of hydrogen-bond acceptors (Lipinski definition) is 4. The summed E-state index contributed by atoms with van der Waals surface area (Å²) in [5.74, 6) is 0.538. The number of hydrogen-bond donors (Lipinski definition) is 1. The van der Waals surface area contributed by atoms with Crippen LogP contribution in [0, 0.1) is 6.92 Å². The largest absolute Gasteiger partial charge is 0.378 e. The summed E-state index contributed by atoms with van der Waals surface area (Å²) in [5, 5.41) is 0. The van der Waals surface area contributed by atoms with Crippen LogP contribution in [0.4, 0.5) is 5.95 Å². The van der Waals surface area contributed by atoms with E-state index in [-0.39, 0.29) is 5.60 Å². The van der Waals surface area contributed by atoms with Gasteiger partial charge in [0.05, 0.1) is 18.8 Å². The molecule has 2 N–H and O–H groups in total. The number of ether oxygens (including phenoxy) is 2. The Morgan fingerprint density at radius 2 is 2.53 bits per heavy atom. The minimum atomic E-state index is -0.235. The average molecular weight is 211 g/mol. The van der Waals surface area contributed by atoms with Crippen LogP contribution >= 0.6 is 0 Å². The van der Waals surface area contributed by atoms with Gasteiger partial charge in [0.25, 0.3) is 0 Å². The number of aryl methyl sites for hydroxylation is 1. The smallest absolute Gasteiger partial charge is 0.200 e. The van der Waals surface area contributed by atoms with Crippen molar-refractivity contribution in [2.75, 3.05) is 26.1 Å². The molecule has 1 aliphatic rings. The molecule has 0 amide bonds. The molecule has 0 aliphatic carbocycles. The first kappa shape index (κ1) is 10.4. The molecule has 0 aromatic carbocycles. The van der Waals surface area contributed by atoms with E-state index in [4.69, 9.17) is 15.2 Å². The molecule has 1 aliphatic heterocycles. The van der Waals surface area contributed by atoms with Gasteiger partial charge in [0, 0.05) is 26.3 Å². The molecule has 0 radical (unpaired) electrons. The fourth-order valence-corrected chi connectivity index (χ4v) is 1.94. The molecule has 1 atom stereocenters. The van der Waals surface area contributed by atoms with E-state index in [1.54, 1.807) is 7.11 Å². The van der Waals surface area contributed by atoms with E-state index < -0.39 is 0 Å². The van der Waals surface area contributed by atoms with E-state index in [2.05, 4.69) is 4.98 Å². The molecule has 1 fully saturated rings. The van der Waals surface area contributed by atoms with Crippen molar-refractivity contribution in [1.29, 1.82) is 0 Å². The lowest BCUT2D eigenvalue weighted by molar-refractivity contribution is -0.0291. The Bertz CT molecular complexity index is 342. The third-order valence-electron chi connectivity index (χ3n) is 2.89. The second-order valence-corrected chi connectivity index (χ2v) is 4.06. The standard InChI is InChI=1S/C10H17N3O2/c1-8-5-13(9(11)12-8)6-10(14-2)3-4-15-7-10/h5H,3-4,6-7H2,1-2H3,(H2,11,12). The van der Waals surface area contributed by atoms with Crippen molar-refractivity contribution < 1.29 is 9.47 Å². The van der Waals surface area contributed by atoms with Crippen molar-refractivity contribution in [1.82, 2.24) is 9.55 Å². The van der Waals surface area contributed by atoms with E-state index in [0.717, 1.165) is 18.7 Å². The number of anilines is 1. The highest BCUT2D eigenvalue weighted by molar-refractivity contribution is 5.21. The predicted molar refractivity (Wildman–Crippen MR) is 56.6 cm³/mol. The molecule has 5 heteroatoms. The SMILES string of the molecule is COC1(Cn2cc(C)nc2N)CCOC1. The quantitative estimate of drug-likeness (QED) is 0.794. The summed E-state index contributed by atoms with van der Waals surface area (Å²) in [6.45, 7) is 4.01. The Hall–Kier alpha value is -1.07. The monoisotopic (exact) mass is 211 g/mol. The minimum Gasteiger partial charge on any atom is -0.378 e. The van der Waals surface area contributed by atoms with Gasteiger partial charge >= 0.3 is 0 Å². The van der Waals surface area contributed by atoms with Crippen LogP contribution in [0.1, 0.15) is 12.1 Å². The van der Waals surface area contributed by atoms with Gasteiger partial charge < -0.3 is 19.8 Å². The normalized spacial score (nSPS) is 26.0. The fourth-order valence-electron chi connectivity index (χ4n) is 1.94. The third kappa shape index (κ3) is 1.98. The summed E-state index contributed by atoms with van der Waals surface area (Å²) in [5.41, 5.74) is 6.48. The molecule has 1 aromatic rings. The molecule has 84 valence electrons. The van der Waals surface area contributed by atoms with E-state index in [1.807, 2.05) is 17.7 Å². The van der Waals surface area contributed by atoms with Gasteiger partial charge in [0.1, 0.15) is 5.60 Å². The van der Waals surface area contributed by atoms with Crippen LogP contribution in [-0.2, 0) is 16.0 Å². The zero-order chi connectivity index (χ0) is 10.9. The topological polar surface area (TPSA) is 62.3 Å². The van der Waals surface area contributed by atoms with E-state index in [1.165, 1.54) is 0 Å². The zero-order valence-corrected chi connectivity index (χ0v) is 9.19. The molecule has 0 spiro atoms. The highest BCUT2D eigenvalue weighted by atomic mass is 16.5. The van der Waals surface area contributed by atoms with Gasteiger partial charge in [-0.05, 0) is 6.92 Å². The van der Waals surface area contributed by atoms with Gasteiger partial charge in [-0.1, -0.05) is 0 Å². The lowest BCUT2D eigenvalue weighted by Crippen LogP contribution is -2.37. The Morgan fingerprint density at radius 3 is 3.00 bits per heavy atom. The summed E-state index contributed by atoms with van der Waals surface area (Å²) in [6, 6.07) is 0. The Labute approximate surface area is 89.2 Å². The van der Waals surface area contributed by atoms with Crippen molar-refractivity contribution in [2.45, 2.75) is 25.5 Å². The van der Waals surface area contributed by atoms with E-state index >= 15 is 0 Å².